The third-order valence-electron chi connectivity index (χ3n) is 3.48. The van der Waals surface area contributed by atoms with Crippen molar-refractivity contribution in [2.24, 2.45) is 0 Å². The summed E-state index contributed by atoms with van der Waals surface area (Å²) in [6, 6.07) is 0. The first-order valence-electron chi connectivity index (χ1n) is 5.55. The molecule has 7 heteroatoms. The Bertz CT molecular complexity index is 414. The first-order chi connectivity index (χ1) is 8.03. The zero-order valence-electron chi connectivity index (χ0n) is 9.97. The van der Waals surface area contributed by atoms with Crippen LogP contribution in [-0.4, -0.2) is 41.0 Å². The summed E-state index contributed by atoms with van der Waals surface area (Å²) in [5.41, 5.74) is 0.195. The van der Waals surface area contributed by atoms with Crippen LogP contribution >= 0.6 is 11.3 Å². The van der Waals surface area contributed by atoms with Crippen molar-refractivity contribution < 1.29 is 4.92 Å². The smallest absolute Gasteiger partial charge is 0.345 e. The van der Waals surface area contributed by atoms with Crippen LogP contribution in [0.3, 0.4) is 0 Å². The van der Waals surface area contributed by atoms with E-state index in [1.54, 1.807) is 0 Å². The second kappa shape index (κ2) is 4.58. The van der Waals surface area contributed by atoms with Crippen LogP contribution in [0, 0.1) is 10.1 Å². The molecule has 0 unspecified atom stereocenters. The van der Waals surface area contributed by atoms with E-state index in [1.807, 2.05) is 0 Å². The molecule has 1 fully saturated rings. The predicted octanol–water partition coefficient (Wildman–Crippen LogP) is 1.95. The van der Waals surface area contributed by atoms with Crippen LogP contribution in [0.15, 0.2) is 6.20 Å². The molecule has 6 nitrogen and oxygen atoms in total. The fourth-order valence-electron chi connectivity index (χ4n) is 2.04. The lowest BCUT2D eigenvalue weighted by molar-refractivity contribution is -0.380. The molecule has 0 bridgehead atoms. The third-order valence-corrected chi connectivity index (χ3v) is 4.38. The topological polar surface area (TPSA) is 71.3 Å². The summed E-state index contributed by atoms with van der Waals surface area (Å²) < 4.78 is 0. The highest BCUT2D eigenvalue weighted by atomic mass is 32.1. The lowest BCUT2D eigenvalue weighted by atomic mass is 9.75. The number of anilines is 1. The normalized spacial score (nSPS) is 17.8. The van der Waals surface area contributed by atoms with E-state index in [-0.39, 0.29) is 10.5 Å². The van der Waals surface area contributed by atoms with E-state index >= 15 is 0 Å². The number of likely N-dealkylation sites (N-methyl/N-ethyl adjacent to an activating group) is 1. The lowest BCUT2D eigenvalue weighted by Crippen LogP contribution is -2.54. The highest BCUT2D eigenvalue weighted by Gasteiger charge is 2.38. The van der Waals surface area contributed by atoms with Gasteiger partial charge in [-0.05, 0) is 44.7 Å². The molecule has 1 aromatic heterocycles. The van der Waals surface area contributed by atoms with Crippen LogP contribution in [0.5, 0.6) is 0 Å². The van der Waals surface area contributed by atoms with Crippen LogP contribution in [0.25, 0.3) is 0 Å². The van der Waals surface area contributed by atoms with Gasteiger partial charge < -0.3 is 10.2 Å². The van der Waals surface area contributed by atoms with E-state index in [0.717, 1.165) is 17.9 Å². The maximum atomic E-state index is 10.5. The minimum atomic E-state index is -0.409. The molecular formula is C10H16N4O2S. The van der Waals surface area contributed by atoms with E-state index in [4.69, 9.17) is 0 Å². The number of rotatable bonds is 5. The van der Waals surface area contributed by atoms with Crippen molar-refractivity contribution in [1.29, 1.82) is 0 Å². The predicted molar refractivity (Wildman–Crippen MR) is 67.5 cm³/mol. The van der Waals surface area contributed by atoms with Crippen LogP contribution in [0.4, 0.5) is 10.1 Å². The maximum Gasteiger partial charge on any atom is 0.345 e. The molecule has 0 amide bonds. The summed E-state index contributed by atoms with van der Waals surface area (Å²) in [4.78, 5) is 16.4. The molecule has 1 heterocycles. The van der Waals surface area contributed by atoms with Gasteiger partial charge in [0.05, 0.1) is 4.92 Å². The summed E-state index contributed by atoms with van der Waals surface area (Å²) in [7, 11) is 4.15. The van der Waals surface area contributed by atoms with E-state index in [1.165, 1.54) is 25.5 Å². The molecule has 17 heavy (non-hydrogen) atoms. The van der Waals surface area contributed by atoms with E-state index in [2.05, 4.69) is 29.3 Å². The molecule has 2 rings (SSSR count). The molecule has 1 aliphatic rings. The first kappa shape index (κ1) is 12.3. The number of thiazole rings is 1. The summed E-state index contributed by atoms with van der Waals surface area (Å²) in [6.45, 7) is 0.796. The van der Waals surface area contributed by atoms with Gasteiger partial charge in [-0.3, -0.25) is 10.1 Å². The van der Waals surface area contributed by atoms with E-state index in [0.29, 0.717) is 5.13 Å². The van der Waals surface area contributed by atoms with Crippen molar-refractivity contribution in [3.05, 3.63) is 16.3 Å². The SMILES string of the molecule is CN(C)C1(CNc2ncc([N+](=O)[O-])s2)CCC1. The Morgan fingerprint density at radius 2 is 2.35 bits per heavy atom. The van der Waals surface area contributed by atoms with Gasteiger partial charge in [-0.1, -0.05) is 0 Å². The number of nitrogens with one attached hydrogen (secondary N) is 1. The molecule has 0 radical (unpaired) electrons. The largest absolute Gasteiger partial charge is 0.359 e. The number of aromatic nitrogens is 1. The second-order valence-corrected chi connectivity index (χ2v) is 5.60. The van der Waals surface area contributed by atoms with Crippen molar-refractivity contribution in [2.45, 2.75) is 24.8 Å². The first-order valence-corrected chi connectivity index (χ1v) is 6.37. The summed E-state index contributed by atoms with van der Waals surface area (Å²) in [5, 5.41) is 14.4. The molecule has 94 valence electrons. The van der Waals surface area contributed by atoms with Crippen molar-refractivity contribution in [1.82, 2.24) is 9.88 Å². The Morgan fingerprint density at radius 1 is 1.65 bits per heavy atom. The zero-order valence-corrected chi connectivity index (χ0v) is 10.8. The second-order valence-electron chi connectivity index (χ2n) is 4.59. The van der Waals surface area contributed by atoms with Crippen LogP contribution in [-0.2, 0) is 0 Å². The quantitative estimate of drug-likeness (QED) is 0.644. The summed E-state index contributed by atoms with van der Waals surface area (Å²) in [5.74, 6) is 0. The summed E-state index contributed by atoms with van der Waals surface area (Å²) in [6.07, 6.45) is 4.88. The minimum absolute atomic E-state index is 0.0833. The Morgan fingerprint density at radius 3 is 2.76 bits per heavy atom. The van der Waals surface area contributed by atoms with Gasteiger partial charge in [0.25, 0.3) is 0 Å². The molecule has 0 spiro atoms. The average molecular weight is 256 g/mol. The molecule has 1 aromatic rings. The highest BCUT2D eigenvalue weighted by molar-refractivity contribution is 7.18. The minimum Gasteiger partial charge on any atom is -0.359 e. The van der Waals surface area contributed by atoms with Crippen molar-refractivity contribution in [3.8, 4) is 0 Å². The van der Waals surface area contributed by atoms with Gasteiger partial charge in [0.15, 0.2) is 5.13 Å². The fourth-order valence-corrected chi connectivity index (χ4v) is 2.67. The number of nitrogens with zero attached hydrogens (tertiary/aromatic N) is 3. The van der Waals surface area contributed by atoms with Crippen LogP contribution in [0.1, 0.15) is 19.3 Å². The van der Waals surface area contributed by atoms with Gasteiger partial charge in [0.1, 0.15) is 6.20 Å². The third kappa shape index (κ3) is 2.39. The van der Waals surface area contributed by atoms with Crippen LogP contribution in [0.2, 0.25) is 0 Å². The fraction of sp³-hybridized carbons (Fsp3) is 0.700. The number of nitro groups is 1. The van der Waals surface area contributed by atoms with E-state index < -0.39 is 4.92 Å². The Kier molecular flexibility index (Phi) is 3.30. The number of hydrogen-bond donors (Lipinski definition) is 1. The van der Waals surface area contributed by atoms with Gasteiger partial charge >= 0.3 is 5.00 Å². The molecule has 1 saturated carbocycles. The average Bonchev–Trinajstić information content (AvgIpc) is 2.64. The Hall–Kier alpha value is -1.21. The van der Waals surface area contributed by atoms with Gasteiger partial charge in [-0.15, -0.1) is 0 Å². The lowest BCUT2D eigenvalue weighted by Gasteiger charge is -2.47. The monoisotopic (exact) mass is 256 g/mol. The van der Waals surface area contributed by atoms with Gasteiger partial charge in [-0.25, -0.2) is 4.98 Å². The van der Waals surface area contributed by atoms with Crippen molar-refractivity contribution >= 4 is 21.5 Å². The van der Waals surface area contributed by atoms with Gasteiger partial charge in [-0.2, -0.15) is 0 Å². The Labute approximate surface area is 104 Å². The standard InChI is InChI=1S/C10H16N4O2S/c1-13(2)10(4-3-5-10)7-12-9-11-6-8(17-9)14(15)16/h6H,3-5,7H2,1-2H3,(H,11,12). The molecule has 1 N–H and O–H groups in total. The van der Waals surface area contributed by atoms with Crippen LogP contribution < -0.4 is 5.32 Å². The highest BCUT2D eigenvalue weighted by Crippen LogP contribution is 2.36. The zero-order chi connectivity index (χ0) is 12.5. The van der Waals surface area contributed by atoms with Gasteiger partial charge in [0, 0.05) is 12.1 Å². The molecular weight excluding hydrogens is 240 g/mol. The van der Waals surface area contributed by atoms with Crippen molar-refractivity contribution in [2.75, 3.05) is 26.0 Å². The van der Waals surface area contributed by atoms with Gasteiger partial charge in [0.2, 0.25) is 0 Å². The van der Waals surface area contributed by atoms with E-state index in [9.17, 15) is 10.1 Å². The van der Waals surface area contributed by atoms with Crippen molar-refractivity contribution in [3.63, 3.8) is 0 Å². The molecule has 0 aliphatic heterocycles. The summed E-state index contributed by atoms with van der Waals surface area (Å²) >= 11 is 1.09. The molecule has 1 aliphatic carbocycles. The molecule has 0 aromatic carbocycles. The molecule has 0 atom stereocenters. The maximum absolute atomic E-state index is 10.5. The number of hydrogen-bond acceptors (Lipinski definition) is 6. The molecule has 0 saturated heterocycles. The Balaban J connectivity index is 1.95.